The molecule has 1 aromatic rings. The fraction of sp³-hybridized carbons (Fsp3) is 0.609. The Balaban J connectivity index is 1.53. The van der Waals surface area contributed by atoms with Gasteiger partial charge in [-0.3, -0.25) is 14.5 Å². The van der Waals surface area contributed by atoms with E-state index in [0.29, 0.717) is 45.6 Å². The second kappa shape index (κ2) is 9.58. The largest absolute Gasteiger partial charge is 0.497 e. The third-order valence-corrected chi connectivity index (χ3v) is 5.60. The highest BCUT2D eigenvalue weighted by molar-refractivity contribution is 5.87. The maximum Gasteiger partial charge on any atom is 0.410 e. The van der Waals surface area contributed by atoms with Crippen molar-refractivity contribution in [2.24, 2.45) is 0 Å². The Morgan fingerprint density at radius 2 is 1.71 bits per heavy atom. The zero-order valence-corrected chi connectivity index (χ0v) is 18.9. The van der Waals surface area contributed by atoms with Crippen LogP contribution in [0.5, 0.6) is 5.75 Å². The van der Waals surface area contributed by atoms with Gasteiger partial charge < -0.3 is 19.3 Å². The number of carbonyl (C=O) groups is 3. The molecule has 0 radical (unpaired) electrons. The topological polar surface area (TPSA) is 79.4 Å². The summed E-state index contributed by atoms with van der Waals surface area (Å²) < 4.78 is 10.7. The van der Waals surface area contributed by atoms with Gasteiger partial charge in [-0.1, -0.05) is 12.1 Å². The van der Waals surface area contributed by atoms with Crippen molar-refractivity contribution in [3.63, 3.8) is 0 Å². The highest BCUT2D eigenvalue weighted by atomic mass is 16.6. The van der Waals surface area contributed by atoms with Gasteiger partial charge in [0.2, 0.25) is 11.8 Å². The molecule has 3 amide bonds. The standard InChI is InChI=1S/C23H33N3O5/c1-23(2,3)31-22(29)26-10-6-9-19(26)21(28)25-13-11-24(12-14-25)20(27)16-17-7-5-8-18(15-17)30-4/h5,7-8,15,19H,6,9-14,16H2,1-4H3. The van der Waals surface area contributed by atoms with Crippen LogP contribution in [0.25, 0.3) is 0 Å². The lowest BCUT2D eigenvalue weighted by Crippen LogP contribution is -2.55. The van der Waals surface area contributed by atoms with Crippen LogP contribution in [0.15, 0.2) is 24.3 Å². The van der Waals surface area contributed by atoms with Crippen molar-refractivity contribution >= 4 is 17.9 Å². The smallest absolute Gasteiger partial charge is 0.410 e. The maximum absolute atomic E-state index is 13.1. The first-order valence-corrected chi connectivity index (χ1v) is 10.9. The van der Waals surface area contributed by atoms with E-state index in [1.54, 1.807) is 21.8 Å². The number of methoxy groups -OCH3 is 1. The minimum absolute atomic E-state index is 0.0385. The Hall–Kier alpha value is -2.77. The van der Waals surface area contributed by atoms with Gasteiger partial charge in [0.15, 0.2) is 0 Å². The lowest BCUT2D eigenvalue weighted by atomic mass is 10.1. The summed E-state index contributed by atoms with van der Waals surface area (Å²) in [6, 6.07) is 7.01. The van der Waals surface area contributed by atoms with Gasteiger partial charge in [-0.25, -0.2) is 4.79 Å². The van der Waals surface area contributed by atoms with Crippen molar-refractivity contribution in [2.75, 3.05) is 39.8 Å². The van der Waals surface area contributed by atoms with Gasteiger partial charge in [0.05, 0.1) is 13.5 Å². The van der Waals surface area contributed by atoms with Crippen LogP contribution in [-0.4, -0.2) is 84.1 Å². The van der Waals surface area contributed by atoms with Gasteiger partial charge in [-0.15, -0.1) is 0 Å². The van der Waals surface area contributed by atoms with Crippen LogP contribution in [0.4, 0.5) is 4.79 Å². The van der Waals surface area contributed by atoms with Crippen molar-refractivity contribution in [3.05, 3.63) is 29.8 Å². The number of piperazine rings is 1. The van der Waals surface area contributed by atoms with E-state index in [1.165, 1.54) is 0 Å². The fourth-order valence-corrected chi connectivity index (χ4v) is 4.02. The minimum atomic E-state index is -0.595. The van der Waals surface area contributed by atoms with Crippen molar-refractivity contribution in [1.82, 2.24) is 14.7 Å². The summed E-state index contributed by atoms with van der Waals surface area (Å²) in [7, 11) is 1.60. The van der Waals surface area contributed by atoms with Crippen LogP contribution in [0.2, 0.25) is 0 Å². The van der Waals surface area contributed by atoms with E-state index in [1.807, 2.05) is 45.0 Å². The first kappa shape index (κ1) is 22.9. The molecule has 31 heavy (non-hydrogen) atoms. The first-order chi connectivity index (χ1) is 14.7. The SMILES string of the molecule is COc1cccc(CC(=O)N2CCN(C(=O)C3CCCN3C(=O)OC(C)(C)C)CC2)c1. The lowest BCUT2D eigenvalue weighted by molar-refractivity contribution is -0.142. The molecule has 2 heterocycles. The van der Waals surface area contributed by atoms with E-state index in [2.05, 4.69) is 0 Å². The zero-order chi connectivity index (χ0) is 22.6. The van der Waals surface area contributed by atoms with Crippen LogP contribution >= 0.6 is 0 Å². The number of benzene rings is 1. The molecule has 2 aliphatic rings. The monoisotopic (exact) mass is 431 g/mol. The van der Waals surface area contributed by atoms with Crippen molar-refractivity contribution < 1.29 is 23.9 Å². The molecule has 170 valence electrons. The molecule has 0 spiro atoms. The van der Waals surface area contributed by atoms with E-state index in [4.69, 9.17) is 9.47 Å². The van der Waals surface area contributed by atoms with Crippen LogP contribution in [0, 0.1) is 0 Å². The van der Waals surface area contributed by atoms with E-state index in [-0.39, 0.29) is 11.8 Å². The summed E-state index contributed by atoms with van der Waals surface area (Å²) in [6.45, 7) is 7.92. The summed E-state index contributed by atoms with van der Waals surface area (Å²) in [6.07, 6.45) is 1.30. The summed E-state index contributed by atoms with van der Waals surface area (Å²) in [5.74, 6) is 0.715. The number of hydrogen-bond donors (Lipinski definition) is 0. The number of rotatable bonds is 4. The van der Waals surface area contributed by atoms with Gasteiger partial charge >= 0.3 is 6.09 Å². The molecular weight excluding hydrogens is 398 g/mol. The lowest BCUT2D eigenvalue weighted by Gasteiger charge is -2.37. The Morgan fingerprint density at radius 1 is 1.03 bits per heavy atom. The molecule has 8 nitrogen and oxygen atoms in total. The molecular formula is C23H33N3O5. The molecule has 2 saturated heterocycles. The number of carbonyl (C=O) groups excluding carboxylic acids is 3. The Morgan fingerprint density at radius 3 is 2.35 bits per heavy atom. The molecule has 0 N–H and O–H groups in total. The summed E-state index contributed by atoms with van der Waals surface area (Å²) in [5, 5.41) is 0. The average molecular weight is 432 g/mol. The normalized spacial score (nSPS) is 19.4. The average Bonchev–Trinajstić information content (AvgIpc) is 3.22. The Labute approximate surface area is 184 Å². The highest BCUT2D eigenvalue weighted by Crippen LogP contribution is 2.23. The Kier molecular flexibility index (Phi) is 7.08. The van der Waals surface area contributed by atoms with Gasteiger partial charge in [0, 0.05) is 32.7 Å². The van der Waals surface area contributed by atoms with Crippen LogP contribution in [-0.2, 0) is 20.7 Å². The second-order valence-electron chi connectivity index (χ2n) is 9.07. The molecule has 1 aromatic carbocycles. The molecule has 2 aliphatic heterocycles. The molecule has 8 heteroatoms. The second-order valence-corrected chi connectivity index (χ2v) is 9.07. The van der Waals surface area contributed by atoms with E-state index in [0.717, 1.165) is 17.7 Å². The van der Waals surface area contributed by atoms with Crippen molar-refractivity contribution in [3.8, 4) is 5.75 Å². The minimum Gasteiger partial charge on any atom is -0.497 e. The summed E-state index contributed by atoms with van der Waals surface area (Å²) in [5.41, 5.74) is 0.309. The van der Waals surface area contributed by atoms with Crippen LogP contribution in [0.3, 0.4) is 0 Å². The quantitative estimate of drug-likeness (QED) is 0.731. The third-order valence-electron chi connectivity index (χ3n) is 5.60. The molecule has 0 aliphatic carbocycles. The summed E-state index contributed by atoms with van der Waals surface area (Å²) >= 11 is 0. The van der Waals surface area contributed by atoms with Gasteiger partial charge in [-0.2, -0.15) is 0 Å². The molecule has 3 rings (SSSR count). The summed E-state index contributed by atoms with van der Waals surface area (Å²) in [4.78, 5) is 43.4. The number of nitrogens with zero attached hydrogens (tertiary/aromatic N) is 3. The van der Waals surface area contributed by atoms with Crippen LogP contribution in [0.1, 0.15) is 39.2 Å². The van der Waals surface area contributed by atoms with Crippen molar-refractivity contribution in [1.29, 1.82) is 0 Å². The van der Waals surface area contributed by atoms with E-state index >= 15 is 0 Å². The Bertz CT molecular complexity index is 812. The van der Waals surface area contributed by atoms with E-state index < -0.39 is 17.7 Å². The molecule has 1 atom stereocenters. The zero-order valence-electron chi connectivity index (χ0n) is 18.9. The predicted octanol–water partition coefficient (Wildman–Crippen LogP) is 2.31. The van der Waals surface area contributed by atoms with Crippen LogP contribution < -0.4 is 4.74 Å². The predicted molar refractivity (Wildman–Crippen MR) is 116 cm³/mol. The number of ether oxygens (including phenoxy) is 2. The molecule has 0 bridgehead atoms. The van der Waals surface area contributed by atoms with E-state index in [9.17, 15) is 14.4 Å². The molecule has 2 fully saturated rings. The number of hydrogen-bond acceptors (Lipinski definition) is 5. The van der Waals surface area contributed by atoms with Gasteiger partial charge in [0.1, 0.15) is 17.4 Å². The fourth-order valence-electron chi connectivity index (χ4n) is 4.02. The number of likely N-dealkylation sites (tertiary alicyclic amines) is 1. The van der Waals surface area contributed by atoms with Gasteiger partial charge in [0.25, 0.3) is 0 Å². The highest BCUT2D eigenvalue weighted by Gasteiger charge is 2.39. The van der Waals surface area contributed by atoms with Crippen molar-refractivity contribution in [2.45, 2.75) is 51.7 Å². The third kappa shape index (κ3) is 5.89. The molecule has 0 aromatic heterocycles. The molecule has 0 saturated carbocycles. The van der Waals surface area contributed by atoms with Gasteiger partial charge in [-0.05, 0) is 51.3 Å². The number of amides is 3. The maximum atomic E-state index is 13.1. The molecule has 1 unspecified atom stereocenters. The first-order valence-electron chi connectivity index (χ1n) is 10.9.